The molecule has 1 fully saturated rings. The van der Waals surface area contributed by atoms with Gasteiger partial charge >= 0.3 is 0 Å². The van der Waals surface area contributed by atoms with E-state index < -0.39 is 6.61 Å². The summed E-state index contributed by atoms with van der Waals surface area (Å²) in [6, 6.07) is 13.2. The monoisotopic (exact) mass is 517 g/mol. The minimum Gasteiger partial charge on any atom is -0.493 e. The molecule has 38 heavy (non-hydrogen) atoms. The number of hydrogen-bond acceptors (Lipinski definition) is 6. The Kier molecular flexibility index (Phi) is 6.90. The first-order chi connectivity index (χ1) is 18.3. The molecule has 0 radical (unpaired) electrons. The number of benzene rings is 1. The summed E-state index contributed by atoms with van der Waals surface area (Å²) in [7, 11) is 3.23. The number of nitrogens with one attached hydrogen (secondary N) is 1. The molecule has 4 aromatic rings. The molecule has 1 aliphatic heterocycles. The van der Waals surface area contributed by atoms with Crippen LogP contribution in [0, 0.1) is 6.92 Å². The number of aliphatic hydroxyl groups excluding tert-OH is 1. The minimum atomic E-state index is -0.518. The second kappa shape index (κ2) is 10.3. The van der Waals surface area contributed by atoms with Gasteiger partial charge in [-0.1, -0.05) is 24.3 Å². The Hall–Kier alpha value is -4.18. The summed E-state index contributed by atoms with van der Waals surface area (Å²) in [5, 5.41) is 13.3. The van der Waals surface area contributed by atoms with Gasteiger partial charge in [0.05, 0.1) is 30.4 Å². The Morgan fingerprint density at radius 2 is 1.87 bits per heavy atom. The zero-order valence-corrected chi connectivity index (χ0v) is 21.7. The van der Waals surface area contributed by atoms with Crippen LogP contribution in [-0.2, 0) is 18.4 Å². The highest BCUT2D eigenvalue weighted by molar-refractivity contribution is 6.12. The van der Waals surface area contributed by atoms with Gasteiger partial charge < -0.3 is 29.2 Å². The topological polar surface area (TPSA) is 119 Å². The Morgan fingerprint density at radius 3 is 2.55 bits per heavy atom. The molecule has 1 saturated heterocycles. The lowest BCUT2D eigenvalue weighted by Gasteiger charge is -2.32. The standard InChI is InChI=1S/C28H31N5O5/c1-17-7-6-8-19(29-17)15-33-21-10-5-4-9-20(21)24-23(28(33)37)26(38-3)25(31(24)2)27(36)30-18-11-13-32(14-12-18)22(35)16-34/h4-10,18,34H,11-16H2,1-3H3,(H,30,36). The highest BCUT2D eigenvalue weighted by atomic mass is 16.5. The van der Waals surface area contributed by atoms with Crippen LogP contribution in [0.4, 0.5) is 0 Å². The molecule has 1 aliphatic rings. The fourth-order valence-corrected chi connectivity index (χ4v) is 5.41. The summed E-state index contributed by atoms with van der Waals surface area (Å²) in [5.41, 5.74) is 3.00. The first-order valence-corrected chi connectivity index (χ1v) is 12.6. The number of aryl methyl sites for hydroxylation is 2. The third kappa shape index (κ3) is 4.41. The van der Waals surface area contributed by atoms with E-state index in [-0.39, 0.29) is 41.4 Å². The van der Waals surface area contributed by atoms with Crippen LogP contribution in [0.2, 0.25) is 0 Å². The Morgan fingerprint density at radius 1 is 1.13 bits per heavy atom. The van der Waals surface area contributed by atoms with Gasteiger partial charge in [0.1, 0.15) is 12.0 Å². The van der Waals surface area contributed by atoms with Gasteiger partial charge in [-0.05, 0) is 38.0 Å². The lowest BCUT2D eigenvalue weighted by atomic mass is 10.0. The van der Waals surface area contributed by atoms with Crippen molar-refractivity contribution in [1.82, 2.24) is 24.3 Å². The van der Waals surface area contributed by atoms with Crippen LogP contribution in [0.25, 0.3) is 21.8 Å². The van der Waals surface area contributed by atoms with Crippen LogP contribution in [0.5, 0.6) is 5.75 Å². The summed E-state index contributed by atoms with van der Waals surface area (Å²) < 4.78 is 9.12. The fraction of sp³-hybridized carbons (Fsp3) is 0.357. The molecule has 0 spiro atoms. The van der Waals surface area contributed by atoms with Gasteiger partial charge in [-0.3, -0.25) is 19.4 Å². The minimum absolute atomic E-state index is 0.145. The van der Waals surface area contributed by atoms with Gasteiger partial charge in [-0.2, -0.15) is 0 Å². The number of fused-ring (bicyclic) bond motifs is 3. The lowest BCUT2D eigenvalue weighted by molar-refractivity contribution is -0.135. The normalized spacial score (nSPS) is 14.3. The van der Waals surface area contributed by atoms with Gasteiger partial charge in [-0.25, -0.2) is 0 Å². The molecule has 0 unspecified atom stereocenters. The number of ether oxygens (including phenoxy) is 1. The number of carbonyl (C=O) groups excluding carboxylic acids is 2. The molecule has 3 aromatic heterocycles. The van der Waals surface area contributed by atoms with E-state index in [0.29, 0.717) is 36.8 Å². The fourth-order valence-electron chi connectivity index (χ4n) is 5.41. The molecule has 0 saturated carbocycles. The molecule has 1 aromatic carbocycles. The first-order valence-electron chi connectivity index (χ1n) is 12.6. The van der Waals surface area contributed by atoms with Crippen molar-refractivity contribution in [1.29, 1.82) is 0 Å². The predicted octanol–water partition coefficient (Wildman–Crippen LogP) is 1.97. The van der Waals surface area contributed by atoms with Gasteiger partial charge in [0.2, 0.25) is 5.91 Å². The number of methoxy groups -OCH3 is 1. The Balaban J connectivity index is 1.58. The van der Waals surface area contributed by atoms with Crippen molar-refractivity contribution in [2.45, 2.75) is 32.4 Å². The van der Waals surface area contributed by atoms with Crippen molar-refractivity contribution in [3.05, 3.63) is 69.9 Å². The van der Waals surface area contributed by atoms with Crippen molar-refractivity contribution in [2.24, 2.45) is 7.05 Å². The smallest absolute Gasteiger partial charge is 0.272 e. The average Bonchev–Trinajstić information content (AvgIpc) is 3.23. The SMILES string of the molecule is COc1c(C(=O)NC2CCN(C(=O)CO)CC2)n(C)c2c1c(=O)n(Cc1cccc(C)n1)c1ccccc21. The van der Waals surface area contributed by atoms with Crippen molar-refractivity contribution in [3.8, 4) is 5.75 Å². The van der Waals surface area contributed by atoms with Gasteiger partial charge in [0.25, 0.3) is 11.5 Å². The lowest BCUT2D eigenvalue weighted by Crippen LogP contribution is -2.47. The molecule has 10 nitrogen and oxygen atoms in total. The van der Waals surface area contributed by atoms with E-state index >= 15 is 0 Å². The molecule has 0 aliphatic carbocycles. The Labute approximate surface area is 219 Å². The number of aliphatic hydroxyl groups is 1. The number of nitrogens with zero attached hydrogens (tertiary/aromatic N) is 4. The molecule has 2 N–H and O–H groups in total. The number of piperidine rings is 1. The molecule has 10 heteroatoms. The highest BCUT2D eigenvalue weighted by Crippen LogP contribution is 2.35. The van der Waals surface area contributed by atoms with Crippen molar-refractivity contribution in [2.75, 3.05) is 26.8 Å². The van der Waals surface area contributed by atoms with Crippen LogP contribution in [0.15, 0.2) is 47.3 Å². The maximum Gasteiger partial charge on any atom is 0.272 e. The molecule has 0 bridgehead atoms. The summed E-state index contributed by atoms with van der Waals surface area (Å²) >= 11 is 0. The molecule has 198 valence electrons. The molecule has 0 atom stereocenters. The number of hydrogen-bond donors (Lipinski definition) is 2. The van der Waals surface area contributed by atoms with E-state index in [1.54, 1.807) is 21.1 Å². The van der Waals surface area contributed by atoms with Crippen molar-refractivity contribution < 1.29 is 19.4 Å². The van der Waals surface area contributed by atoms with Crippen molar-refractivity contribution >= 4 is 33.6 Å². The number of carbonyl (C=O) groups is 2. The number of aromatic nitrogens is 3. The summed E-state index contributed by atoms with van der Waals surface area (Å²) in [6.45, 7) is 2.59. The van der Waals surface area contributed by atoms with Crippen molar-refractivity contribution in [3.63, 3.8) is 0 Å². The number of amides is 2. The molecule has 2 amide bonds. The van der Waals surface area contributed by atoms with E-state index in [1.807, 2.05) is 49.4 Å². The average molecular weight is 518 g/mol. The van der Waals surface area contributed by atoms with Crippen LogP contribution in [0.3, 0.4) is 0 Å². The molecule has 4 heterocycles. The largest absolute Gasteiger partial charge is 0.493 e. The molecule has 5 rings (SSSR count). The number of pyridine rings is 2. The second-order valence-corrected chi connectivity index (χ2v) is 9.63. The van der Waals surface area contributed by atoms with E-state index in [0.717, 1.165) is 22.3 Å². The first kappa shape index (κ1) is 25.5. The quantitative estimate of drug-likeness (QED) is 0.404. The van der Waals surface area contributed by atoms with E-state index in [2.05, 4.69) is 10.3 Å². The van der Waals surface area contributed by atoms with Gasteiger partial charge in [0, 0.05) is 37.3 Å². The third-order valence-electron chi connectivity index (χ3n) is 7.26. The summed E-state index contributed by atoms with van der Waals surface area (Å²) in [5.74, 6) is -0.424. The van der Waals surface area contributed by atoms with Gasteiger partial charge in [-0.15, -0.1) is 0 Å². The summed E-state index contributed by atoms with van der Waals surface area (Å²) in [6.07, 6.45) is 1.14. The Bertz CT molecular complexity index is 1600. The van der Waals surface area contributed by atoms with E-state index in [9.17, 15) is 14.4 Å². The molecular weight excluding hydrogens is 486 g/mol. The molecular formula is C28H31N5O5. The maximum atomic E-state index is 14.0. The third-order valence-corrected chi connectivity index (χ3v) is 7.26. The highest BCUT2D eigenvalue weighted by Gasteiger charge is 2.30. The second-order valence-electron chi connectivity index (χ2n) is 9.63. The summed E-state index contributed by atoms with van der Waals surface area (Å²) in [4.78, 5) is 45.5. The van der Waals surface area contributed by atoms with E-state index in [4.69, 9.17) is 9.84 Å². The van der Waals surface area contributed by atoms with Crippen LogP contribution in [-0.4, -0.2) is 68.8 Å². The van der Waals surface area contributed by atoms with Crippen LogP contribution < -0.4 is 15.6 Å². The number of likely N-dealkylation sites (tertiary alicyclic amines) is 1. The number of rotatable bonds is 6. The zero-order chi connectivity index (χ0) is 27.0. The van der Waals surface area contributed by atoms with E-state index in [1.165, 1.54) is 7.11 Å². The zero-order valence-electron chi connectivity index (χ0n) is 21.7. The van der Waals surface area contributed by atoms with Gasteiger partial charge in [0.15, 0.2) is 11.4 Å². The predicted molar refractivity (Wildman–Crippen MR) is 143 cm³/mol. The van der Waals surface area contributed by atoms with Crippen LogP contribution in [0.1, 0.15) is 34.7 Å². The number of para-hydroxylation sites is 1. The van der Waals surface area contributed by atoms with Crippen LogP contribution >= 0.6 is 0 Å². The maximum absolute atomic E-state index is 14.0.